The molecule has 2 N–H and O–H groups in total. The second-order valence-corrected chi connectivity index (χ2v) is 8.11. The summed E-state index contributed by atoms with van der Waals surface area (Å²) in [6.07, 6.45) is 0.649. The van der Waals surface area contributed by atoms with Gasteiger partial charge in [-0.25, -0.2) is 13.2 Å². The molecule has 1 aliphatic rings. The number of ether oxygens (including phenoxy) is 1. The Balaban J connectivity index is 1.90. The summed E-state index contributed by atoms with van der Waals surface area (Å²) >= 11 is 0. The molecule has 0 atom stereocenters. The average Bonchev–Trinajstić information content (AvgIpc) is 2.61. The van der Waals surface area contributed by atoms with Crippen molar-refractivity contribution in [2.45, 2.75) is 18.1 Å². The van der Waals surface area contributed by atoms with Gasteiger partial charge in [-0.1, -0.05) is 6.07 Å². The molecule has 0 spiro atoms. The highest BCUT2D eigenvalue weighted by molar-refractivity contribution is 7.92. The van der Waals surface area contributed by atoms with E-state index < -0.39 is 26.7 Å². The van der Waals surface area contributed by atoms with Gasteiger partial charge in [0.2, 0.25) is 5.91 Å². The normalized spacial score (nSPS) is 15.5. The first-order chi connectivity index (χ1) is 11.9. The minimum Gasteiger partial charge on any atom is -0.497 e. The molecule has 0 unspecified atom stereocenters. The Labute approximate surface area is 147 Å². The van der Waals surface area contributed by atoms with E-state index >= 15 is 0 Å². The van der Waals surface area contributed by atoms with Crippen LogP contribution in [0.2, 0.25) is 0 Å². The van der Waals surface area contributed by atoms with E-state index in [1.807, 2.05) is 0 Å². The number of carbonyl (C=O) groups is 2. The fourth-order valence-corrected chi connectivity index (χ4v) is 4.37. The number of hydrogen-bond acceptors (Lipinski definition) is 5. The monoisotopic (exact) mass is 369 g/mol. The highest BCUT2D eigenvalue weighted by atomic mass is 32.2. The van der Waals surface area contributed by atoms with Crippen LogP contribution in [-0.2, 0) is 14.6 Å². The molecule has 8 nitrogen and oxygen atoms in total. The first-order valence-corrected chi connectivity index (χ1v) is 9.69. The molecule has 1 fully saturated rings. The minimum atomic E-state index is -3.50. The SMILES string of the molecule is CNC(=O)CS(=O)(=O)C1CCN(C(=O)Nc2cccc(OC)c2)CC1. The Bertz CT molecular complexity index is 727. The predicted octanol–water partition coefficient (Wildman–Crippen LogP) is 0.852. The van der Waals surface area contributed by atoms with Crippen molar-refractivity contribution in [1.82, 2.24) is 10.2 Å². The molecular weight excluding hydrogens is 346 g/mol. The van der Waals surface area contributed by atoms with Crippen LogP contribution in [0.5, 0.6) is 5.75 Å². The highest BCUT2D eigenvalue weighted by Crippen LogP contribution is 2.21. The topological polar surface area (TPSA) is 105 Å². The number of nitrogens with zero attached hydrogens (tertiary/aromatic N) is 1. The third-order valence-electron chi connectivity index (χ3n) is 4.17. The summed E-state index contributed by atoms with van der Waals surface area (Å²) in [5.74, 6) is -0.389. The molecule has 0 aliphatic carbocycles. The molecule has 25 heavy (non-hydrogen) atoms. The first-order valence-electron chi connectivity index (χ1n) is 7.98. The van der Waals surface area contributed by atoms with Gasteiger partial charge in [0.05, 0.1) is 12.4 Å². The quantitative estimate of drug-likeness (QED) is 0.801. The zero-order valence-electron chi connectivity index (χ0n) is 14.3. The van der Waals surface area contributed by atoms with Gasteiger partial charge in [0.1, 0.15) is 11.5 Å². The van der Waals surface area contributed by atoms with Gasteiger partial charge in [0, 0.05) is 31.9 Å². The van der Waals surface area contributed by atoms with E-state index in [1.54, 1.807) is 36.3 Å². The zero-order chi connectivity index (χ0) is 18.4. The van der Waals surface area contributed by atoms with Crippen LogP contribution >= 0.6 is 0 Å². The number of carbonyl (C=O) groups excluding carboxylic acids is 2. The minimum absolute atomic E-state index is 0.282. The van der Waals surface area contributed by atoms with Crippen molar-refractivity contribution in [2.75, 3.05) is 38.3 Å². The summed E-state index contributed by atoms with van der Waals surface area (Å²) < 4.78 is 29.5. The van der Waals surface area contributed by atoms with Crippen molar-refractivity contribution in [3.63, 3.8) is 0 Å². The zero-order valence-corrected chi connectivity index (χ0v) is 15.1. The summed E-state index contributed by atoms with van der Waals surface area (Å²) in [5, 5.41) is 4.50. The summed E-state index contributed by atoms with van der Waals surface area (Å²) in [5.41, 5.74) is 0.610. The number of nitrogens with one attached hydrogen (secondary N) is 2. The van der Waals surface area contributed by atoms with Crippen LogP contribution in [0, 0.1) is 0 Å². The Kier molecular flexibility index (Phi) is 6.24. The van der Waals surface area contributed by atoms with Gasteiger partial charge in [-0.15, -0.1) is 0 Å². The van der Waals surface area contributed by atoms with Gasteiger partial charge >= 0.3 is 6.03 Å². The Morgan fingerprint density at radius 2 is 1.96 bits per heavy atom. The number of sulfone groups is 1. The number of piperidine rings is 1. The van der Waals surface area contributed by atoms with E-state index in [2.05, 4.69) is 10.6 Å². The number of urea groups is 1. The number of methoxy groups -OCH3 is 1. The van der Waals surface area contributed by atoms with Crippen molar-refractivity contribution in [1.29, 1.82) is 0 Å². The van der Waals surface area contributed by atoms with Crippen LogP contribution in [0.3, 0.4) is 0 Å². The fourth-order valence-electron chi connectivity index (χ4n) is 2.69. The summed E-state index contributed by atoms with van der Waals surface area (Å²) in [6.45, 7) is 0.654. The predicted molar refractivity (Wildman–Crippen MR) is 94.5 cm³/mol. The molecular formula is C16H23N3O5S. The van der Waals surface area contributed by atoms with E-state index in [0.29, 0.717) is 37.4 Å². The molecule has 0 aromatic heterocycles. The van der Waals surface area contributed by atoms with Gasteiger partial charge in [-0.2, -0.15) is 0 Å². The maximum atomic E-state index is 12.3. The Morgan fingerprint density at radius 3 is 2.56 bits per heavy atom. The van der Waals surface area contributed by atoms with Crippen molar-refractivity contribution in [3.8, 4) is 5.75 Å². The summed E-state index contributed by atoms with van der Waals surface area (Å²) in [6, 6.07) is 6.72. The molecule has 2 rings (SSSR count). The van der Waals surface area contributed by atoms with Gasteiger partial charge in [0.25, 0.3) is 0 Å². The van der Waals surface area contributed by atoms with Crippen LogP contribution in [0.15, 0.2) is 24.3 Å². The van der Waals surface area contributed by atoms with E-state index in [9.17, 15) is 18.0 Å². The lowest BCUT2D eigenvalue weighted by atomic mass is 10.1. The van der Waals surface area contributed by atoms with Crippen molar-refractivity contribution in [3.05, 3.63) is 24.3 Å². The molecule has 138 valence electrons. The summed E-state index contributed by atoms with van der Waals surface area (Å²) in [7, 11) is -0.546. The second-order valence-electron chi connectivity index (χ2n) is 5.83. The number of anilines is 1. The maximum Gasteiger partial charge on any atom is 0.321 e. The molecule has 0 saturated carbocycles. The fraction of sp³-hybridized carbons (Fsp3) is 0.500. The van der Waals surface area contributed by atoms with E-state index in [4.69, 9.17) is 4.74 Å². The Hall–Kier alpha value is -2.29. The van der Waals surface area contributed by atoms with Crippen LogP contribution in [0.1, 0.15) is 12.8 Å². The number of rotatable bonds is 5. The molecule has 0 bridgehead atoms. The van der Waals surface area contributed by atoms with Crippen molar-refractivity contribution >= 4 is 27.5 Å². The smallest absolute Gasteiger partial charge is 0.321 e. The highest BCUT2D eigenvalue weighted by Gasteiger charge is 2.32. The number of hydrogen-bond donors (Lipinski definition) is 2. The lowest BCUT2D eigenvalue weighted by Crippen LogP contribution is -2.45. The lowest BCUT2D eigenvalue weighted by molar-refractivity contribution is -0.118. The van der Waals surface area contributed by atoms with Gasteiger partial charge in [0.15, 0.2) is 9.84 Å². The Morgan fingerprint density at radius 1 is 1.28 bits per heavy atom. The van der Waals surface area contributed by atoms with E-state index in [0.717, 1.165) is 0 Å². The van der Waals surface area contributed by atoms with Crippen molar-refractivity contribution < 1.29 is 22.7 Å². The molecule has 1 aliphatic heterocycles. The molecule has 1 heterocycles. The average molecular weight is 369 g/mol. The molecule has 0 radical (unpaired) electrons. The standard InChI is InChI=1S/C16H23N3O5S/c1-17-15(20)11-25(22,23)14-6-8-19(9-7-14)16(21)18-12-4-3-5-13(10-12)24-2/h3-5,10,14H,6-9,11H2,1-2H3,(H,17,20)(H,18,21). The largest absolute Gasteiger partial charge is 0.497 e. The van der Waals surface area contributed by atoms with Crippen molar-refractivity contribution in [2.24, 2.45) is 0 Å². The first kappa shape index (κ1) is 19.0. The van der Waals surface area contributed by atoms with E-state index in [-0.39, 0.29) is 6.03 Å². The maximum absolute atomic E-state index is 12.3. The third-order valence-corrected chi connectivity index (χ3v) is 6.32. The second kappa shape index (κ2) is 8.19. The van der Waals surface area contributed by atoms with Gasteiger partial charge in [-0.3, -0.25) is 4.79 Å². The van der Waals surface area contributed by atoms with Crippen LogP contribution in [-0.4, -0.2) is 63.5 Å². The molecule has 1 aromatic rings. The number of likely N-dealkylation sites (tertiary alicyclic amines) is 1. The van der Waals surface area contributed by atoms with E-state index in [1.165, 1.54) is 7.05 Å². The van der Waals surface area contributed by atoms with Gasteiger partial charge < -0.3 is 20.3 Å². The van der Waals surface area contributed by atoms with Gasteiger partial charge in [-0.05, 0) is 25.0 Å². The number of amides is 3. The van der Waals surface area contributed by atoms with Crippen LogP contribution in [0.25, 0.3) is 0 Å². The third kappa shape index (κ3) is 5.09. The molecule has 9 heteroatoms. The number of benzene rings is 1. The van der Waals surface area contributed by atoms with Crippen LogP contribution in [0.4, 0.5) is 10.5 Å². The molecule has 1 aromatic carbocycles. The lowest BCUT2D eigenvalue weighted by Gasteiger charge is -2.31. The summed E-state index contributed by atoms with van der Waals surface area (Å²) in [4.78, 5) is 25.2. The molecule has 3 amide bonds. The van der Waals surface area contributed by atoms with Crippen LogP contribution < -0.4 is 15.4 Å². The molecule has 1 saturated heterocycles.